The first-order valence-electron chi connectivity index (χ1n) is 11.4. The second kappa shape index (κ2) is 10.6. The lowest BCUT2D eigenvalue weighted by atomic mass is 9.52. The Morgan fingerprint density at radius 3 is 1.93 bits per heavy atom. The van der Waals surface area contributed by atoms with Crippen molar-refractivity contribution in [1.82, 2.24) is 0 Å². The SMILES string of the molecule is C=CC1(C2(CCCCCCCCCCC)CCCCC2)C=CC=CC1(F)F. The highest BCUT2D eigenvalue weighted by Gasteiger charge is 2.60. The molecule has 27 heavy (non-hydrogen) atoms. The first-order valence-corrected chi connectivity index (χ1v) is 11.4. The van der Waals surface area contributed by atoms with Gasteiger partial charge in [0.2, 0.25) is 0 Å². The molecule has 0 N–H and O–H groups in total. The van der Waals surface area contributed by atoms with Crippen molar-refractivity contribution in [3.63, 3.8) is 0 Å². The van der Waals surface area contributed by atoms with Crippen LogP contribution in [0.25, 0.3) is 0 Å². The van der Waals surface area contributed by atoms with Crippen LogP contribution in [0.2, 0.25) is 0 Å². The van der Waals surface area contributed by atoms with Crippen LogP contribution in [-0.4, -0.2) is 5.92 Å². The van der Waals surface area contributed by atoms with Crippen LogP contribution < -0.4 is 0 Å². The molecular formula is C25H40F2. The van der Waals surface area contributed by atoms with Gasteiger partial charge in [0.05, 0.1) is 5.41 Å². The van der Waals surface area contributed by atoms with Gasteiger partial charge >= 0.3 is 0 Å². The van der Waals surface area contributed by atoms with Gasteiger partial charge in [0, 0.05) is 0 Å². The third-order valence-electron chi connectivity index (χ3n) is 7.10. The number of unbranched alkanes of at least 4 members (excludes halogenated alkanes) is 8. The molecule has 2 aliphatic carbocycles. The van der Waals surface area contributed by atoms with E-state index in [4.69, 9.17) is 0 Å². The molecule has 0 bridgehead atoms. The molecule has 0 heterocycles. The molecule has 0 aromatic carbocycles. The largest absolute Gasteiger partial charge is 0.279 e. The van der Waals surface area contributed by atoms with Gasteiger partial charge < -0.3 is 0 Å². The molecule has 1 fully saturated rings. The van der Waals surface area contributed by atoms with Crippen LogP contribution in [0.3, 0.4) is 0 Å². The Bertz CT molecular complexity index is 496. The number of alkyl halides is 2. The van der Waals surface area contributed by atoms with Gasteiger partial charge in [-0.2, -0.15) is 0 Å². The quantitative estimate of drug-likeness (QED) is 0.235. The van der Waals surface area contributed by atoms with E-state index in [0.717, 1.165) is 44.6 Å². The van der Waals surface area contributed by atoms with Gasteiger partial charge in [-0.1, -0.05) is 108 Å². The maximum absolute atomic E-state index is 15.1. The third-order valence-corrected chi connectivity index (χ3v) is 7.10. The Hall–Kier alpha value is -0.920. The van der Waals surface area contributed by atoms with Crippen LogP contribution in [0.15, 0.2) is 37.0 Å². The first kappa shape index (κ1) is 22.4. The van der Waals surface area contributed by atoms with E-state index in [0.29, 0.717) is 0 Å². The molecule has 1 atom stereocenters. The van der Waals surface area contributed by atoms with Crippen LogP contribution in [0, 0.1) is 10.8 Å². The van der Waals surface area contributed by atoms with Gasteiger partial charge in [0.15, 0.2) is 0 Å². The molecule has 2 heteroatoms. The fourth-order valence-electron chi connectivity index (χ4n) is 5.46. The van der Waals surface area contributed by atoms with Crippen molar-refractivity contribution < 1.29 is 8.78 Å². The lowest BCUT2D eigenvalue weighted by Gasteiger charge is -2.53. The molecule has 1 unspecified atom stereocenters. The van der Waals surface area contributed by atoms with Crippen molar-refractivity contribution in [2.75, 3.05) is 0 Å². The van der Waals surface area contributed by atoms with Crippen molar-refractivity contribution in [1.29, 1.82) is 0 Å². The summed E-state index contributed by atoms with van der Waals surface area (Å²) >= 11 is 0. The molecule has 0 amide bonds. The molecule has 0 radical (unpaired) electrons. The molecule has 0 aromatic heterocycles. The second-order valence-corrected chi connectivity index (χ2v) is 8.83. The molecule has 1 saturated carbocycles. The van der Waals surface area contributed by atoms with E-state index in [1.807, 2.05) is 6.08 Å². The summed E-state index contributed by atoms with van der Waals surface area (Å²) in [5, 5.41) is 0. The average molecular weight is 379 g/mol. The van der Waals surface area contributed by atoms with Crippen LogP contribution in [0.1, 0.15) is 103 Å². The maximum atomic E-state index is 15.1. The van der Waals surface area contributed by atoms with Crippen LogP contribution in [0.4, 0.5) is 8.78 Å². The highest BCUT2D eigenvalue weighted by atomic mass is 19.3. The predicted molar refractivity (Wildman–Crippen MR) is 113 cm³/mol. The highest BCUT2D eigenvalue weighted by Crippen LogP contribution is 2.62. The molecule has 0 aliphatic heterocycles. The fraction of sp³-hybridized carbons (Fsp3) is 0.760. The van der Waals surface area contributed by atoms with E-state index in [1.54, 1.807) is 12.2 Å². The zero-order valence-electron chi connectivity index (χ0n) is 17.5. The Morgan fingerprint density at radius 1 is 0.815 bits per heavy atom. The first-order chi connectivity index (χ1) is 13.0. The van der Waals surface area contributed by atoms with Crippen molar-refractivity contribution in [3.8, 4) is 0 Å². The van der Waals surface area contributed by atoms with Crippen molar-refractivity contribution >= 4 is 0 Å². The van der Waals surface area contributed by atoms with Crippen LogP contribution in [-0.2, 0) is 0 Å². The number of hydrogen-bond donors (Lipinski definition) is 0. The lowest BCUT2D eigenvalue weighted by Crippen LogP contribution is -2.52. The summed E-state index contributed by atoms with van der Waals surface area (Å²) in [6, 6.07) is 0. The summed E-state index contributed by atoms with van der Waals surface area (Å²) in [6.07, 6.45) is 25.2. The number of hydrogen-bond acceptors (Lipinski definition) is 0. The fourth-order valence-corrected chi connectivity index (χ4v) is 5.46. The van der Waals surface area contributed by atoms with Crippen molar-refractivity contribution in [2.45, 2.75) is 109 Å². The van der Waals surface area contributed by atoms with Gasteiger partial charge in [0.25, 0.3) is 5.92 Å². The van der Waals surface area contributed by atoms with Crippen LogP contribution >= 0.6 is 0 Å². The summed E-state index contributed by atoms with van der Waals surface area (Å²) in [5.74, 6) is -2.83. The van der Waals surface area contributed by atoms with Gasteiger partial charge in [-0.15, -0.1) is 6.58 Å². The summed E-state index contributed by atoms with van der Waals surface area (Å²) in [6.45, 7) is 6.15. The molecule has 0 nitrogen and oxygen atoms in total. The van der Waals surface area contributed by atoms with E-state index in [-0.39, 0.29) is 5.41 Å². The molecule has 0 saturated heterocycles. The number of allylic oxidation sites excluding steroid dienone is 5. The maximum Gasteiger partial charge on any atom is 0.279 e. The second-order valence-electron chi connectivity index (χ2n) is 8.83. The van der Waals surface area contributed by atoms with Crippen LogP contribution in [0.5, 0.6) is 0 Å². The molecule has 2 aliphatic rings. The Labute approximate surface area is 166 Å². The van der Waals surface area contributed by atoms with Gasteiger partial charge in [0.1, 0.15) is 0 Å². The Kier molecular flexibility index (Phi) is 8.76. The smallest absolute Gasteiger partial charge is 0.201 e. The minimum Gasteiger partial charge on any atom is -0.201 e. The third kappa shape index (κ3) is 5.12. The summed E-state index contributed by atoms with van der Waals surface area (Å²) in [4.78, 5) is 0. The monoisotopic (exact) mass is 378 g/mol. The Morgan fingerprint density at radius 2 is 1.37 bits per heavy atom. The average Bonchev–Trinajstić information content (AvgIpc) is 2.67. The molecule has 0 aromatic rings. The molecule has 154 valence electrons. The lowest BCUT2D eigenvalue weighted by molar-refractivity contribution is -0.115. The number of halogens is 2. The summed E-state index contributed by atoms with van der Waals surface area (Å²) in [5.41, 5.74) is -1.55. The normalized spacial score (nSPS) is 26.2. The topological polar surface area (TPSA) is 0 Å². The Balaban J connectivity index is 1.93. The summed E-state index contributed by atoms with van der Waals surface area (Å²) < 4.78 is 30.2. The van der Waals surface area contributed by atoms with Gasteiger partial charge in [-0.25, -0.2) is 8.78 Å². The highest BCUT2D eigenvalue weighted by molar-refractivity contribution is 5.33. The van der Waals surface area contributed by atoms with E-state index in [1.165, 1.54) is 63.9 Å². The van der Waals surface area contributed by atoms with E-state index in [2.05, 4.69) is 13.5 Å². The van der Waals surface area contributed by atoms with E-state index >= 15 is 8.78 Å². The zero-order valence-corrected chi connectivity index (χ0v) is 17.5. The van der Waals surface area contributed by atoms with Crippen molar-refractivity contribution in [3.05, 3.63) is 37.0 Å². The van der Waals surface area contributed by atoms with Gasteiger partial charge in [-0.05, 0) is 30.8 Å². The minimum atomic E-state index is -2.83. The number of rotatable bonds is 12. The molecule has 2 rings (SSSR count). The molecule has 0 spiro atoms. The summed E-state index contributed by atoms with van der Waals surface area (Å²) in [7, 11) is 0. The molecular weight excluding hydrogens is 338 g/mol. The zero-order chi connectivity index (χ0) is 19.6. The predicted octanol–water partition coefficient (Wildman–Crippen LogP) is 8.79. The van der Waals surface area contributed by atoms with Crippen molar-refractivity contribution in [2.24, 2.45) is 10.8 Å². The minimum absolute atomic E-state index is 0.334. The standard InChI is InChI=1S/C25H40F2/c1-3-5-6-7-8-9-10-11-13-18-23(19-14-12-15-20-23)24(4-2)21-16-17-22-25(24,26)27/h4,16-17,21-22H,2-3,5-15,18-20H2,1H3. The van der Waals surface area contributed by atoms with E-state index < -0.39 is 11.3 Å². The van der Waals surface area contributed by atoms with E-state index in [9.17, 15) is 0 Å². The van der Waals surface area contributed by atoms with Gasteiger partial charge in [-0.3, -0.25) is 0 Å².